The normalized spacial score (nSPS) is 19.3. The zero-order chi connectivity index (χ0) is 21.6. The number of hydrogen-bond acceptors (Lipinski definition) is 4. The number of hydrogen-bond donors (Lipinski definition) is 0. The van der Waals surface area contributed by atoms with E-state index in [0.29, 0.717) is 11.1 Å². The second-order valence-corrected chi connectivity index (χ2v) is 7.66. The lowest BCUT2D eigenvalue weighted by atomic mass is 9.83. The number of rotatable bonds is 3. The molecule has 0 N–H and O–H groups in total. The van der Waals surface area contributed by atoms with Gasteiger partial charge >= 0.3 is 12.1 Å². The lowest BCUT2D eigenvalue weighted by Crippen LogP contribution is -2.50. The molecule has 0 bridgehead atoms. The van der Waals surface area contributed by atoms with Crippen molar-refractivity contribution in [3.8, 4) is 0 Å². The van der Waals surface area contributed by atoms with Crippen LogP contribution >= 0.6 is 23.2 Å². The molecule has 0 saturated heterocycles. The molecule has 0 amide bonds. The second-order valence-electron chi connectivity index (χ2n) is 6.78. The van der Waals surface area contributed by atoms with E-state index in [4.69, 9.17) is 27.9 Å². The highest BCUT2D eigenvalue weighted by Crippen LogP contribution is 2.50. The molecule has 9 heteroatoms. The quantitative estimate of drug-likeness (QED) is 0.579. The van der Waals surface area contributed by atoms with Crippen LogP contribution < -0.4 is 0 Å². The number of benzene rings is 2. The first-order chi connectivity index (χ1) is 13.5. The molecule has 0 fully saturated rings. The number of carbonyl (C=O) groups is 1. The van der Waals surface area contributed by atoms with Crippen molar-refractivity contribution in [2.24, 2.45) is 5.10 Å². The van der Waals surface area contributed by atoms with E-state index in [1.165, 1.54) is 38.4 Å². The van der Waals surface area contributed by atoms with Gasteiger partial charge in [0, 0.05) is 23.5 Å². The van der Waals surface area contributed by atoms with E-state index in [9.17, 15) is 18.0 Å². The summed E-state index contributed by atoms with van der Waals surface area (Å²) in [6.07, 6.45) is -5.13. The van der Waals surface area contributed by atoms with Crippen molar-refractivity contribution < 1.29 is 22.7 Å². The third-order valence-electron chi connectivity index (χ3n) is 5.03. The third-order valence-corrected chi connectivity index (χ3v) is 5.47. The molecular weight excluding hydrogens is 428 g/mol. The van der Waals surface area contributed by atoms with Crippen LogP contribution in [0.2, 0.25) is 10.0 Å². The van der Waals surface area contributed by atoms with Gasteiger partial charge in [0.15, 0.2) is 5.54 Å². The van der Waals surface area contributed by atoms with Gasteiger partial charge < -0.3 is 4.74 Å². The Labute approximate surface area is 175 Å². The molecule has 3 rings (SSSR count). The molecule has 1 atom stereocenters. The number of halogens is 5. The average Bonchev–Trinajstić information content (AvgIpc) is 2.99. The predicted octanol–water partition coefficient (Wildman–Crippen LogP) is 5.59. The molecule has 0 saturated carbocycles. The largest absolute Gasteiger partial charge is 0.465 e. The van der Waals surface area contributed by atoms with Crippen LogP contribution in [0.4, 0.5) is 13.2 Å². The SMILES string of the molecule is COC(=O)c1cc(C2=NN(C)C(c3cc(Cl)cc(Cl)c3)(C(F)(F)F)C2)ccc1C. The fourth-order valence-electron chi connectivity index (χ4n) is 3.48. The van der Waals surface area contributed by atoms with E-state index in [0.717, 1.165) is 5.01 Å². The van der Waals surface area contributed by atoms with Gasteiger partial charge in [-0.1, -0.05) is 35.3 Å². The summed E-state index contributed by atoms with van der Waals surface area (Å²) in [7, 11) is 2.50. The lowest BCUT2D eigenvalue weighted by Gasteiger charge is -2.37. The molecular formula is C20H17Cl2F3N2O2. The fraction of sp³-hybridized carbons (Fsp3) is 0.300. The molecule has 0 aromatic heterocycles. The van der Waals surface area contributed by atoms with Crippen LogP contribution in [-0.4, -0.2) is 37.0 Å². The van der Waals surface area contributed by atoms with Crippen LogP contribution in [0, 0.1) is 6.92 Å². The maximum Gasteiger partial charge on any atom is 0.417 e. The molecule has 29 heavy (non-hydrogen) atoms. The summed E-state index contributed by atoms with van der Waals surface area (Å²) in [6, 6.07) is 8.62. The van der Waals surface area contributed by atoms with Crippen molar-refractivity contribution in [3.63, 3.8) is 0 Å². The molecule has 154 valence electrons. The van der Waals surface area contributed by atoms with Gasteiger partial charge in [-0.3, -0.25) is 5.01 Å². The van der Waals surface area contributed by atoms with Crippen LogP contribution in [0.5, 0.6) is 0 Å². The summed E-state index contributed by atoms with van der Waals surface area (Å²) in [5, 5.41) is 5.24. The highest BCUT2D eigenvalue weighted by molar-refractivity contribution is 6.34. The Hall–Kier alpha value is -2.25. The molecule has 1 unspecified atom stereocenters. The number of ether oxygens (including phenoxy) is 1. The molecule has 0 spiro atoms. The van der Waals surface area contributed by atoms with Gasteiger partial charge in [0.2, 0.25) is 0 Å². The number of nitrogens with zero attached hydrogens (tertiary/aromatic N) is 2. The van der Waals surface area contributed by atoms with Crippen molar-refractivity contribution in [1.82, 2.24) is 5.01 Å². The summed E-state index contributed by atoms with van der Waals surface area (Å²) in [5.41, 5.74) is -1.04. The van der Waals surface area contributed by atoms with Gasteiger partial charge in [-0.15, -0.1) is 0 Å². The molecule has 4 nitrogen and oxygen atoms in total. The number of hydrazone groups is 1. The fourth-order valence-corrected chi connectivity index (χ4v) is 4.00. The minimum atomic E-state index is -4.67. The van der Waals surface area contributed by atoms with Crippen LogP contribution in [0.25, 0.3) is 0 Å². The third kappa shape index (κ3) is 3.69. The highest BCUT2D eigenvalue weighted by atomic mass is 35.5. The van der Waals surface area contributed by atoms with E-state index in [2.05, 4.69) is 5.10 Å². The molecule has 0 aliphatic carbocycles. The molecule has 1 heterocycles. The Balaban J connectivity index is 2.11. The number of esters is 1. The Bertz CT molecular complexity index is 987. The van der Waals surface area contributed by atoms with Crippen LogP contribution in [0.1, 0.15) is 33.5 Å². The first kappa shape index (κ1) is 21.5. The van der Waals surface area contributed by atoms with Crippen molar-refractivity contribution >= 4 is 34.9 Å². The standard InChI is InChI=1S/C20H17Cl2F3N2O2/c1-11-4-5-12(6-16(11)18(28)29-3)17-10-19(20(23,24)25,27(2)26-17)13-7-14(21)9-15(22)8-13/h4-9H,10H2,1-3H3. The number of alkyl halides is 3. The van der Waals surface area contributed by atoms with E-state index in [1.54, 1.807) is 19.1 Å². The maximum absolute atomic E-state index is 14.4. The monoisotopic (exact) mass is 444 g/mol. The van der Waals surface area contributed by atoms with Gasteiger partial charge in [-0.2, -0.15) is 18.3 Å². The topological polar surface area (TPSA) is 41.9 Å². The maximum atomic E-state index is 14.4. The van der Waals surface area contributed by atoms with Crippen molar-refractivity contribution in [2.45, 2.75) is 25.1 Å². The molecule has 2 aromatic carbocycles. The predicted molar refractivity (Wildman–Crippen MR) is 106 cm³/mol. The second kappa shape index (κ2) is 7.54. The Morgan fingerprint density at radius 3 is 2.34 bits per heavy atom. The van der Waals surface area contributed by atoms with Crippen LogP contribution in [0.3, 0.4) is 0 Å². The molecule has 0 radical (unpaired) electrons. The zero-order valence-corrected chi connectivity index (χ0v) is 17.3. The number of carbonyl (C=O) groups excluding carboxylic acids is 1. The molecule has 1 aliphatic rings. The van der Waals surface area contributed by atoms with E-state index in [1.807, 2.05) is 0 Å². The zero-order valence-electron chi connectivity index (χ0n) is 15.8. The van der Waals surface area contributed by atoms with Crippen LogP contribution in [0.15, 0.2) is 41.5 Å². The summed E-state index contributed by atoms with van der Waals surface area (Å²) in [6.45, 7) is 1.71. The average molecular weight is 445 g/mol. The van der Waals surface area contributed by atoms with Gasteiger partial charge in [-0.05, 0) is 47.9 Å². The first-order valence-corrected chi connectivity index (χ1v) is 9.29. The first-order valence-electron chi connectivity index (χ1n) is 8.53. The van der Waals surface area contributed by atoms with Gasteiger partial charge in [-0.25, -0.2) is 4.79 Å². The summed E-state index contributed by atoms with van der Waals surface area (Å²) in [4.78, 5) is 12.0. The summed E-state index contributed by atoms with van der Waals surface area (Å²) >= 11 is 11.9. The number of methoxy groups -OCH3 is 1. The Morgan fingerprint density at radius 1 is 1.17 bits per heavy atom. The molecule has 2 aromatic rings. The highest BCUT2D eigenvalue weighted by Gasteiger charge is 2.62. The van der Waals surface area contributed by atoms with Crippen molar-refractivity contribution in [3.05, 3.63) is 68.7 Å². The van der Waals surface area contributed by atoms with E-state index < -0.39 is 24.1 Å². The summed E-state index contributed by atoms with van der Waals surface area (Å²) in [5.74, 6) is -0.569. The van der Waals surface area contributed by atoms with E-state index >= 15 is 0 Å². The lowest BCUT2D eigenvalue weighted by molar-refractivity contribution is -0.227. The minimum Gasteiger partial charge on any atom is -0.465 e. The van der Waals surface area contributed by atoms with Crippen molar-refractivity contribution in [2.75, 3.05) is 14.2 Å². The Morgan fingerprint density at radius 2 is 1.79 bits per heavy atom. The van der Waals surface area contributed by atoms with Gasteiger partial charge in [0.05, 0.1) is 18.4 Å². The van der Waals surface area contributed by atoms with Gasteiger partial charge in [0.25, 0.3) is 0 Å². The summed E-state index contributed by atoms with van der Waals surface area (Å²) < 4.78 is 47.8. The van der Waals surface area contributed by atoms with Gasteiger partial charge in [0.1, 0.15) is 0 Å². The Kier molecular flexibility index (Phi) is 5.58. The van der Waals surface area contributed by atoms with E-state index in [-0.39, 0.29) is 26.9 Å². The smallest absolute Gasteiger partial charge is 0.417 e. The van der Waals surface area contributed by atoms with Crippen molar-refractivity contribution in [1.29, 1.82) is 0 Å². The molecule has 1 aliphatic heterocycles. The van der Waals surface area contributed by atoms with Crippen LogP contribution in [-0.2, 0) is 10.3 Å². The number of aryl methyl sites for hydroxylation is 1. The minimum absolute atomic E-state index is 0.0984.